The van der Waals surface area contributed by atoms with Gasteiger partial charge in [-0.05, 0) is 44.9 Å². The van der Waals surface area contributed by atoms with Crippen molar-refractivity contribution in [1.29, 1.82) is 0 Å². The van der Waals surface area contributed by atoms with Gasteiger partial charge in [0.15, 0.2) is 0 Å². The molecule has 0 saturated carbocycles. The minimum Gasteiger partial charge on any atom is -0.462 e. The van der Waals surface area contributed by atoms with Gasteiger partial charge in [0.1, 0.15) is 6.10 Å². The van der Waals surface area contributed by atoms with Crippen LogP contribution in [0.1, 0.15) is 284 Å². The Labute approximate surface area is 409 Å². The number of hydrogen-bond acceptors (Lipinski definition) is 5. The highest BCUT2D eigenvalue weighted by atomic mass is 16.5. The van der Waals surface area contributed by atoms with Gasteiger partial charge in [0, 0.05) is 6.42 Å². The van der Waals surface area contributed by atoms with Crippen molar-refractivity contribution in [1.82, 2.24) is 5.32 Å². The standard InChI is InChI=1S/C60H109NO5/c1-4-7-10-13-16-19-22-25-28-29-30-32-35-38-41-44-47-50-53-60(65)66-56(51-48-45-42-39-36-33-31-26-23-20-17-14-11-8-5-2)54-59(64)61-57(55-62)58(63)52-49-46-43-40-37-34-27-24-21-18-15-12-9-6-3/h10,13,16,19,22,25,28-30,32,56-58,62-63H,4-9,11-12,14-15,17-18,20-21,23-24,26-27,31,33-55H2,1-3H3,(H,61,64)/b13-10+,19-16+,25-22+,29-28+,32-30+. The number of carbonyl (C=O) groups excluding carboxylic acids is 2. The van der Waals surface area contributed by atoms with E-state index in [9.17, 15) is 19.8 Å². The number of amides is 1. The number of esters is 1. The lowest BCUT2D eigenvalue weighted by atomic mass is 10.0. The fraction of sp³-hybridized carbons (Fsp3) is 0.800. The average Bonchev–Trinajstić information content (AvgIpc) is 3.31. The molecule has 66 heavy (non-hydrogen) atoms. The van der Waals surface area contributed by atoms with Crippen LogP contribution in [-0.4, -0.2) is 46.9 Å². The summed E-state index contributed by atoms with van der Waals surface area (Å²) < 4.78 is 5.95. The quantitative estimate of drug-likeness (QED) is 0.0321. The second-order valence-electron chi connectivity index (χ2n) is 19.5. The van der Waals surface area contributed by atoms with Crippen molar-refractivity contribution in [2.24, 2.45) is 0 Å². The molecule has 0 aromatic carbocycles. The van der Waals surface area contributed by atoms with Crippen LogP contribution >= 0.6 is 0 Å². The van der Waals surface area contributed by atoms with Crippen molar-refractivity contribution < 1.29 is 24.5 Å². The van der Waals surface area contributed by atoms with Crippen molar-refractivity contribution in [3.05, 3.63) is 60.8 Å². The van der Waals surface area contributed by atoms with Crippen molar-refractivity contribution in [3.8, 4) is 0 Å². The van der Waals surface area contributed by atoms with Gasteiger partial charge in [-0.15, -0.1) is 0 Å². The third kappa shape index (κ3) is 48.0. The van der Waals surface area contributed by atoms with Crippen molar-refractivity contribution >= 4 is 11.9 Å². The van der Waals surface area contributed by atoms with E-state index in [0.29, 0.717) is 19.3 Å². The molecule has 0 aliphatic heterocycles. The van der Waals surface area contributed by atoms with Crippen LogP contribution in [0.25, 0.3) is 0 Å². The Hall–Kier alpha value is -2.44. The molecule has 3 N–H and O–H groups in total. The van der Waals surface area contributed by atoms with Gasteiger partial charge in [0.2, 0.25) is 5.91 Å². The molecule has 0 aromatic heterocycles. The molecule has 1 amide bonds. The zero-order valence-corrected chi connectivity index (χ0v) is 43.8. The van der Waals surface area contributed by atoms with Crippen LogP contribution in [0, 0.1) is 0 Å². The van der Waals surface area contributed by atoms with Crippen LogP contribution in [0.3, 0.4) is 0 Å². The monoisotopic (exact) mass is 924 g/mol. The maximum absolute atomic E-state index is 13.3. The molecule has 384 valence electrons. The third-order valence-corrected chi connectivity index (χ3v) is 13.0. The highest BCUT2D eigenvalue weighted by Gasteiger charge is 2.24. The van der Waals surface area contributed by atoms with Gasteiger partial charge in [-0.1, -0.05) is 287 Å². The van der Waals surface area contributed by atoms with Gasteiger partial charge in [-0.3, -0.25) is 9.59 Å². The molecule has 3 atom stereocenters. The second-order valence-corrected chi connectivity index (χ2v) is 19.5. The first-order valence-corrected chi connectivity index (χ1v) is 28.6. The Morgan fingerprint density at radius 1 is 0.439 bits per heavy atom. The number of aliphatic hydroxyl groups is 2. The Morgan fingerprint density at radius 2 is 0.803 bits per heavy atom. The first-order chi connectivity index (χ1) is 32.5. The normalized spacial score (nSPS) is 13.6. The maximum atomic E-state index is 13.3. The van der Waals surface area contributed by atoms with Crippen LogP contribution < -0.4 is 5.32 Å². The molecule has 0 aliphatic rings. The molecule has 6 nitrogen and oxygen atoms in total. The number of aliphatic hydroxyl groups excluding tert-OH is 2. The van der Waals surface area contributed by atoms with Crippen LogP contribution in [-0.2, 0) is 14.3 Å². The summed E-state index contributed by atoms with van der Waals surface area (Å²) in [6.07, 6.45) is 67.0. The van der Waals surface area contributed by atoms with Crippen LogP contribution in [0.2, 0.25) is 0 Å². The van der Waals surface area contributed by atoms with Crippen LogP contribution in [0.15, 0.2) is 60.8 Å². The Kier molecular flexibility index (Phi) is 51.5. The molecule has 0 fully saturated rings. The van der Waals surface area contributed by atoms with Gasteiger partial charge in [-0.2, -0.15) is 0 Å². The highest BCUT2D eigenvalue weighted by Crippen LogP contribution is 2.19. The van der Waals surface area contributed by atoms with Gasteiger partial charge in [0.25, 0.3) is 0 Å². The third-order valence-electron chi connectivity index (χ3n) is 13.0. The predicted molar refractivity (Wildman–Crippen MR) is 287 cm³/mol. The Morgan fingerprint density at radius 3 is 1.23 bits per heavy atom. The molecule has 0 aliphatic carbocycles. The summed E-state index contributed by atoms with van der Waals surface area (Å²) in [6.45, 7) is 6.42. The Balaban J connectivity index is 4.60. The van der Waals surface area contributed by atoms with E-state index in [-0.39, 0.29) is 24.9 Å². The van der Waals surface area contributed by atoms with Crippen LogP contribution in [0.4, 0.5) is 0 Å². The van der Waals surface area contributed by atoms with E-state index in [0.717, 1.165) is 77.0 Å². The first-order valence-electron chi connectivity index (χ1n) is 28.6. The lowest BCUT2D eigenvalue weighted by Crippen LogP contribution is -2.46. The van der Waals surface area contributed by atoms with E-state index >= 15 is 0 Å². The van der Waals surface area contributed by atoms with E-state index in [1.165, 1.54) is 161 Å². The van der Waals surface area contributed by atoms with E-state index < -0.39 is 18.2 Å². The second kappa shape index (κ2) is 53.5. The average molecular weight is 925 g/mol. The van der Waals surface area contributed by atoms with Crippen molar-refractivity contribution in [2.45, 2.75) is 302 Å². The topological polar surface area (TPSA) is 95.9 Å². The van der Waals surface area contributed by atoms with Gasteiger partial charge in [0.05, 0.1) is 25.2 Å². The van der Waals surface area contributed by atoms with Gasteiger partial charge in [-0.25, -0.2) is 0 Å². The zero-order chi connectivity index (χ0) is 48.1. The largest absolute Gasteiger partial charge is 0.462 e. The van der Waals surface area contributed by atoms with E-state index in [2.05, 4.69) is 62.5 Å². The highest BCUT2D eigenvalue weighted by molar-refractivity contribution is 5.77. The molecular weight excluding hydrogens is 815 g/mol. The van der Waals surface area contributed by atoms with Gasteiger partial charge >= 0.3 is 5.97 Å². The van der Waals surface area contributed by atoms with E-state index in [1.807, 2.05) is 24.3 Å². The lowest BCUT2D eigenvalue weighted by Gasteiger charge is -2.24. The number of rotatable bonds is 51. The van der Waals surface area contributed by atoms with Crippen LogP contribution in [0.5, 0.6) is 0 Å². The number of allylic oxidation sites excluding steroid dienone is 10. The Bertz CT molecular complexity index is 1170. The molecule has 0 saturated heterocycles. The number of nitrogens with one attached hydrogen (secondary N) is 1. The summed E-state index contributed by atoms with van der Waals surface area (Å²) >= 11 is 0. The minimum absolute atomic E-state index is 0.0686. The maximum Gasteiger partial charge on any atom is 0.306 e. The molecule has 0 spiro atoms. The summed E-state index contributed by atoms with van der Waals surface area (Å²) in [6, 6.07) is -0.707. The fourth-order valence-corrected chi connectivity index (χ4v) is 8.64. The summed E-state index contributed by atoms with van der Waals surface area (Å²) in [5.74, 6) is -0.491. The summed E-state index contributed by atoms with van der Waals surface area (Å²) in [5.41, 5.74) is 0. The molecule has 0 bridgehead atoms. The predicted octanol–water partition coefficient (Wildman–Crippen LogP) is 17.6. The number of carbonyl (C=O) groups is 2. The molecule has 0 aromatic rings. The SMILES string of the molecule is CCC/C=C/C=C/C=C/C=C/C=C/CCCCCCCC(=O)OC(CCCCCCCCCCCCCCCCC)CC(=O)NC(CO)C(O)CCCCCCCCCCCCCCCC. The first kappa shape index (κ1) is 63.6. The fourth-order valence-electron chi connectivity index (χ4n) is 8.64. The summed E-state index contributed by atoms with van der Waals surface area (Å²) in [7, 11) is 0. The number of unbranched alkanes of at least 4 members (excludes halogenated alkanes) is 33. The summed E-state index contributed by atoms with van der Waals surface area (Å²) in [4.78, 5) is 26.3. The van der Waals surface area contributed by atoms with E-state index in [4.69, 9.17) is 4.74 Å². The molecule has 0 rings (SSSR count). The zero-order valence-electron chi connectivity index (χ0n) is 43.8. The smallest absolute Gasteiger partial charge is 0.306 e. The van der Waals surface area contributed by atoms with Crippen molar-refractivity contribution in [3.63, 3.8) is 0 Å². The molecular formula is C60H109NO5. The van der Waals surface area contributed by atoms with Gasteiger partial charge < -0.3 is 20.3 Å². The number of ether oxygens (including phenoxy) is 1. The molecule has 6 heteroatoms. The molecule has 0 radical (unpaired) electrons. The molecule has 3 unspecified atom stereocenters. The minimum atomic E-state index is -0.793. The van der Waals surface area contributed by atoms with Crippen molar-refractivity contribution in [2.75, 3.05) is 6.61 Å². The number of hydrogen-bond donors (Lipinski definition) is 3. The van der Waals surface area contributed by atoms with E-state index in [1.54, 1.807) is 0 Å². The lowest BCUT2D eigenvalue weighted by molar-refractivity contribution is -0.151. The summed E-state index contributed by atoms with van der Waals surface area (Å²) in [5, 5.41) is 23.9. The molecule has 0 heterocycles.